The topological polar surface area (TPSA) is 56.2 Å². The molecule has 1 aromatic heterocycles. The van der Waals surface area contributed by atoms with Crippen LogP contribution in [0.5, 0.6) is 0 Å². The first-order chi connectivity index (χ1) is 11.7. The Kier molecular flexibility index (Phi) is 5.64. The van der Waals surface area contributed by atoms with Gasteiger partial charge in [-0.15, -0.1) is 0 Å². The molecule has 1 saturated heterocycles. The molecule has 128 valence electrons. The number of imidazole rings is 1. The molecule has 1 atom stereocenters. The fourth-order valence-corrected chi connectivity index (χ4v) is 3.17. The van der Waals surface area contributed by atoms with E-state index in [2.05, 4.69) is 27.0 Å². The van der Waals surface area contributed by atoms with E-state index >= 15 is 0 Å². The number of rotatable bonds is 6. The van der Waals surface area contributed by atoms with Gasteiger partial charge in [0, 0.05) is 38.1 Å². The largest absolute Gasteiger partial charge is 0.381 e. The van der Waals surface area contributed by atoms with E-state index in [0.717, 1.165) is 37.2 Å². The molecule has 1 aromatic carbocycles. The molecule has 0 aliphatic carbocycles. The van der Waals surface area contributed by atoms with Crippen molar-refractivity contribution in [2.75, 3.05) is 13.2 Å². The van der Waals surface area contributed by atoms with Crippen molar-refractivity contribution in [3.8, 4) is 0 Å². The third kappa shape index (κ3) is 4.23. The molecule has 3 rings (SSSR count). The highest BCUT2D eigenvalue weighted by atomic mass is 16.5. The molecule has 24 heavy (non-hydrogen) atoms. The molecule has 1 N–H and O–H groups in total. The number of benzene rings is 1. The van der Waals surface area contributed by atoms with Crippen molar-refractivity contribution in [3.63, 3.8) is 0 Å². The highest BCUT2D eigenvalue weighted by Crippen LogP contribution is 2.21. The van der Waals surface area contributed by atoms with E-state index < -0.39 is 0 Å². The lowest BCUT2D eigenvalue weighted by molar-refractivity contribution is -0.128. The predicted molar refractivity (Wildman–Crippen MR) is 92.4 cm³/mol. The fourth-order valence-electron chi connectivity index (χ4n) is 3.17. The van der Waals surface area contributed by atoms with Crippen molar-refractivity contribution >= 4 is 5.91 Å². The van der Waals surface area contributed by atoms with Crippen LogP contribution in [0.25, 0.3) is 0 Å². The monoisotopic (exact) mass is 327 g/mol. The predicted octanol–water partition coefficient (Wildman–Crippen LogP) is 2.87. The number of carbonyl (C=O) groups is 1. The molecule has 1 amide bonds. The molecule has 5 nitrogen and oxygen atoms in total. The van der Waals surface area contributed by atoms with Gasteiger partial charge in [0.15, 0.2) is 0 Å². The van der Waals surface area contributed by atoms with Crippen LogP contribution < -0.4 is 5.32 Å². The molecule has 1 aliphatic heterocycles. The van der Waals surface area contributed by atoms with Gasteiger partial charge in [0.1, 0.15) is 5.82 Å². The number of hydrogen-bond acceptors (Lipinski definition) is 3. The lowest BCUT2D eigenvalue weighted by atomic mass is 9.97. The van der Waals surface area contributed by atoms with Gasteiger partial charge in [0.25, 0.3) is 0 Å². The standard InChI is InChI=1S/C19H25N3O2/c1-15-20-10-12-22(15)11-7-18(16-5-3-2-4-6-16)21-19(23)17-8-13-24-14-9-17/h2-6,10,12,17-18H,7-9,11,13-14H2,1H3,(H,21,23). The molecule has 0 spiro atoms. The van der Waals surface area contributed by atoms with Crippen molar-refractivity contribution in [1.82, 2.24) is 14.9 Å². The van der Waals surface area contributed by atoms with E-state index in [1.807, 2.05) is 37.5 Å². The smallest absolute Gasteiger partial charge is 0.223 e. The Morgan fingerprint density at radius 3 is 2.75 bits per heavy atom. The minimum Gasteiger partial charge on any atom is -0.381 e. The van der Waals surface area contributed by atoms with Gasteiger partial charge in [-0.1, -0.05) is 30.3 Å². The second kappa shape index (κ2) is 8.11. The summed E-state index contributed by atoms with van der Waals surface area (Å²) in [6.07, 6.45) is 6.27. The van der Waals surface area contributed by atoms with E-state index in [9.17, 15) is 4.79 Å². The molecule has 0 bridgehead atoms. The van der Waals surface area contributed by atoms with Gasteiger partial charge in [0.2, 0.25) is 5.91 Å². The second-order valence-corrected chi connectivity index (χ2v) is 6.32. The zero-order valence-electron chi connectivity index (χ0n) is 14.1. The van der Waals surface area contributed by atoms with Gasteiger partial charge < -0.3 is 14.6 Å². The fraction of sp³-hybridized carbons (Fsp3) is 0.474. The lowest BCUT2D eigenvalue weighted by Crippen LogP contribution is -2.37. The normalized spacial score (nSPS) is 16.7. The van der Waals surface area contributed by atoms with E-state index in [1.54, 1.807) is 0 Å². The molecule has 1 fully saturated rings. The Bertz CT molecular complexity index is 648. The Morgan fingerprint density at radius 2 is 2.08 bits per heavy atom. The third-order valence-electron chi connectivity index (χ3n) is 4.69. The molecule has 5 heteroatoms. The highest BCUT2D eigenvalue weighted by molar-refractivity contribution is 5.79. The van der Waals surface area contributed by atoms with Gasteiger partial charge in [-0.05, 0) is 31.7 Å². The zero-order valence-corrected chi connectivity index (χ0v) is 14.1. The molecular formula is C19H25N3O2. The summed E-state index contributed by atoms with van der Waals surface area (Å²) in [6, 6.07) is 10.2. The van der Waals surface area contributed by atoms with Crippen LogP contribution in [0.1, 0.15) is 36.7 Å². The van der Waals surface area contributed by atoms with Crippen molar-refractivity contribution in [3.05, 3.63) is 54.1 Å². The molecule has 2 aromatic rings. The van der Waals surface area contributed by atoms with Crippen LogP contribution in [0, 0.1) is 12.8 Å². The Balaban J connectivity index is 1.67. The molecule has 0 radical (unpaired) electrons. The summed E-state index contributed by atoms with van der Waals surface area (Å²) < 4.78 is 7.48. The number of ether oxygens (including phenoxy) is 1. The van der Waals surface area contributed by atoms with Crippen LogP contribution >= 0.6 is 0 Å². The minimum absolute atomic E-state index is 0.0170. The number of nitrogens with one attached hydrogen (secondary N) is 1. The summed E-state index contributed by atoms with van der Waals surface area (Å²) >= 11 is 0. The quantitative estimate of drug-likeness (QED) is 0.887. The first-order valence-electron chi connectivity index (χ1n) is 8.65. The lowest BCUT2D eigenvalue weighted by Gasteiger charge is -2.25. The zero-order chi connectivity index (χ0) is 16.8. The summed E-state index contributed by atoms with van der Waals surface area (Å²) in [4.78, 5) is 16.9. The van der Waals surface area contributed by atoms with Crippen molar-refractivity contribution in [1.29, 1.82) is 0 Å². The summed E-state index contributed by atoms with van der Waals surface area (Å²) in [5.74, 6) is 1.21. The Hall–Kier alpha value is -2.14. The van der Waals surface area contributed by atoms with Crippen LogP contribution in [0.15, 0.2) is 42.7 Å². The van der Waals surface area contributed by atoms with Crippen LogP contribution in [0.3, 0.4) is 0 Å². The summed E-state index contributed by atoms with van der Waals surface area (Å²) in [5, 5.41) is 3.26. The average molecular weight is 327 g/mol. The van der Waals surface area contributed by atoms with Crippen LogP contribution in [-0.4, -0.2) is 28.7 Å². The van der Waals surface area contributed by atoms with Gasteiger partial charge >= 0.3 is 0 Å². The van der Waals surface area contributed by atoms with E-state index in [1.165, 1.54) is 0 Å². The average Bonchev–Trinajstić information content (AvgIpc) is 3.05. The Labute approximate surface area is 143 Å². The van der Waals surface area contributed by atoms with Crippen LogP contribution in [0.4, 0.5) is 0 Å². The number of nitrogens with zero attached hydrogens (tertiary/aromatic N) is 2. The van der Waals surface area contributed by atoms with Gasteiger partial charge in [-0.2, -0.15) is 0 Å². The van der Waals surface area contributed by atoms with E-state index in [-0.39, 0.29) is 17.9 Å². The van der Waals surface area contributed by atoms with Crippen molar-refractivity contribution < 1.29 is 9.53 Å². The van der Waals surface area contributed by atoms with E-state index in [0.29, 0.717) is 13.2 Å². The molecule has 0 saturated carbocycles. The third-order valence-corrected chi connectivity index (χ3v) is 4.69. The summed E-state index contributed by atoms with van der Waals surface area (Å²) in [7, 11) is 0. The number of aromatic nitrogens is 2. The molecule has 1 aliphatic rings. The first-order valence-corrected chi connectivity index (χ1v) is 8.65. The SMILES string of the molecule is Cc1nccn1CCC(NC(=O)C1CCOCC1)c1ccccc1. The summed E-state index contributed by atoms with van der Waals surface area (Å²) in [5.41, 5.74) is 1.15. The number of hydrogen-bond donors (Lipinski definition) is 1. The van der Waals surface area contributed by atoms with Gasteiger partial charge in [-0.3, -0.25) is 4.79 Å². The molecular weight excluding hydrogens is 302 g/mol. The van der Waals surface area contributed by atoms with Gasteiger partial charge in [-0.25, -0.2) is 4.98 Å². The number of carbonyl (C=O) groups excluding carboxylic acids is 1. The molecule has 2 heterocycles. The highest BCUT2D eigenvalue weighted by Gasteiger charge is 2.24. The maximum atomic E-state index is 12.6. The minimum atomic E-state index is 0.0170. The number of amides is 1. The molecule has 1 unspecified atom stereocenters. The van der Waals surface area contributed by atoms with Crippen molar-refractivity contribution in [2.24, 2.45) is 5.92 Å². The Morgan fingerprint density at radius 1 is 1.33 bits per heavy atom. The second-order valence-electron chi connectivity index (χ2n) is 6.32. The van der Waals surface area contributed by atoms with Gasteiger partial charge in [0.05, 0.1) is 6.04 Å². The maximum absolute atomic E-state index is 12.6. The maximum Gasteiger partial charge on any atom is 0.223 e. The summed E-state index contributed by atoms with van der Waals surface area (Å²) in [6.45, 7) is 4.20. The number of aryl methyl sites for hydroxylation is 2. The van der Waals surface area contributed by atoms with E-state index in [4.69, 9.17) is 4.74 Å². The first kappa shape index (κ1) is 16.7. The van der Waals surface area contributed by atoms with Crippen LogP contribution in [0.2, 0.25) is 0 Å². The van der Waals surface area contributed by atoms with Crippen LogP contribution in [-0.2, 0) is 16.1 Å². The van der Waals surface area contributed by atoms with Crippen molar-refractivity contribution in [2.45, 2.75) is 38.8 Å².